The van der Waals surface area contributed by atoms with Crippen LogP contribution in [0.2, 0.25) is 0 Å². The number of rotatable bonds is 0. The van der Waals surface area contributed by atoms with Gasteiger partial charge in [0.2, 0.25) is 5.91 Å². The lowest BCUT2D eigenvalue weighted by Crippen LogP contribution is -2.42. The molecular weight excluding hydrogens is 283 g/mol. The van der Waals surface area contributed by atoms with Gasteiger partial charge in [0, 0.05) is 0 Å². The molecule has 1 aromatic carbocycles. The third-order valence-electron chi connectivity index (χ3n) is 3.49. The lowest BCUT2D eigenvalue weighted by Gasteiger charge is -2.26. The summed E-state index contributed by atoms with van der Waals surface area (Å²) in [5.41, 5.74) is -1.80. The van der Waals surface area contributed by atoms with E-state index in [1.54, 1.807) is 0 Å². The van der Waals surface area contributed by atoms with Crippen molar-refractivity contribution in [2.45, 2.75) is 28.7 Å². The van der Waals surface area contributed by atoms with E-state index in [1.165, 1.54) is 0 Å². The highest BCUT2D eigenvalue weighted by Crippen LogP contribution is 2.53. The Morgan fingerprint density at radius 2 is 1.84 bits per heavy atom. The molecule has 0 radical (unpaired) electrons. The monoisotopic (exact) mass is 291 g/mol. The molecule has 1 aliphatic carbocycles. The molecule has 1 N–H and O–H groups in total. The number of carbonyl (C=O) groups is 1. The Hall–Kier alpha value is -1.57. The summed E-state index contributed by atoms with van der Waals surface area (Å²) in [5.74, 6) is -0.864. The quantitative estimate of drug-likeness (QED) is 0.795. The number of alkyl halides is 3. The fourth-order valence-corrected chi connectivity index (χ4v) is 4.33. The van der Waals surface area contributed by atoms with Crippen LogP contribution in [0.25, 0.3) is 0 Å². The van der Waals surface area contributed by atoms with Crippen molar-refractivity contribution < 1.29 is 26.4 Å². The van der Waals surface area contributed by atoms with Crippen LogP contribution in [-0.2, 0) is 20.8 Å². The number of benzene rings is 1. The molecular formula is C11H8F3NO3S. The van der Waals surface area contributed by atoms with E-state index in [-0.39, 0.29) is 12.8 Å². The zero-order valence-corrected chi connectivity index (χ0v) is 10.2. The number of hydrogen-bond acceptors (Lipinski definition) is 3. The molecule has 0 saturated heterocycles. The van der Waals surface area contributed by atoms with E-state index in [9.17, 15) is 26.4 Å². The minimum atomic E-state index is -4.72. The molecule has 4 nitrogen and oxygen atoms in total. The summed E-state index contributed by atoms with van der Waals surface area (Å²) in [5, 5.41) is 2.11. The molecule has 0 bridgehead atoms. The lowest BCUT2D eigenvalue weighted by molar-refractivity contribution is -0.137. The van der Waals surface area contributed by atoms with Crippen LogP contribution in [0.15, 0.2) is 23.1 Å². The molecule has 1 amide bonds. The highest BCUT2D eigenvalue weighted by molar-refractivity contribution is 7.94. The fraction of sp³-hybridized carbons (Fsp3) is 0.364. The van der Waals surface area contributed by atoms with Crippen LogP contribution < -0.4 is 5.32 Å². The van der Waals surface area contributed by atoms with Crippen molar-refractivity contribution in [1.82, 2.24) is 0 Å². The number of fused-ring (bicyclic) bond motifs is 1. The summed E-state index contributed by atoms with van der Waals surface area (Å²) in [6.07, 6.45) is -4.42. The van der Waals surface area contributed by atoms with Crippen LogP contribution in [0, 0.1) is 0 Å². The minimum absolute atomic E-state index is 0.150. The van der Waals surface area contributed by atoms with Crippen molar-refractivity contribution in [1.29, 1.82) is 0 Å². The highest BCUT2D eigenvalue weighted by atomic mass is 32.2. The molecule has 0 aromatic heterocycles. The summed E-state index contributed by atoms with van der Waals surface area (Å²) in [6, 6.07) is 2.88. The topological polar surface area (TPSA) is 63.2 Å². The van der Waals surface area contributed by atoms with Crippen molar-refractivity contribution in [3.63, 3.8) is 0 Å². The molecule has 2 aliphatic rings. The third-order valence-corrected chi connectivity index (χ3v) is 6.03. The van der Waals surface area contributed by atoms with Crippen molar-refractivity contribution in [2.24, 2.45) is 0 Å². The van der Waals surface area contributed by atoms with Crippen LogP contribution in [-0.4, -0.2) is 19.1 Å². The van der Waals surface area contributed by atoms with E-state index in [4.69, 9.17) is 0 Å². The maximum atomic E-state index is 12.8. The SMILES string of the molecule is O=C1Nc2c(C(F)(F)F)cccc2S(=O)(=O)C12CC2. The molecule has 102 valence electrons. The number of sulfone groups is 1. The number of hydrogen-bond donors (Lipinski definition) is 1. The Labute approximate surface area is 106 Å². The Morgan fingerprint density at radius 3 is 2.37 bits per heavy atom. The van der Waals surface area contributed by atoms with Crippen molar-refractivity contribution in [2.75, 3.05) is 5.32 Å². The van der Waals surface area contributed by atoms with E-state index >= 15 is 0 Å². The molecule has 8 heteroatoms. The van der Waals surface area contributed by atoms with E-state index in [1.807, 2.05) is 0 Å². The molecule has 1 aliphatic heterocycles. The van der Waals surface area contributed by atoms with Gasteiger partial charge in [-0.1, -0.05) is 6.07 Å². The Balaban J connectivity index is 2.31. The number of amides is 1. The molecule has 1 aromatic rings. The smallest absolute Gasteiger partial charge is 0.323 e. The number of para-hydroxylation sites is 1. The zero-order chi connectivity index (χ0) is 14.1. The number of nitrogens with one attached hydrogen (secondary N) is 1. The first-order valence-electron chi connectivity index (χ1n) is 5.46. The lowest BCUT2D eigenvalue weighted by atomic mass is 10.1. The van der Waals surface area contributed by atoms with Crippen molar-refractivity contribution in [3.8, 4) is 0 Å². The predicted octanol–water partition coefficient (Wildman–Crippen LogP) is 1.96. The molecule has 0 unspecified atom stereocenters. The van der Waals surface area contributed by atoms with Gasteiger partial charge in [0.05, 0.1) is 16.1 Å². The van der Waals surface area contributed by atoms with Crippen LogP contribution in [0.5, 0.6) is 0 Å². The van der Waals surface area contributed by atoms with Gasteiger partial charge >= 0.3 is 6.18 Å². The first-order chi connectivity index (χ1) is 8.70. The normalized spacial score (nSPS) is 22.8. The molecule has 1 fully saturated rings. The molecule has 1 spiro atoms. The predicted molar refractivity (Wildman–Crippen MR) is 59.2 cm³/mol. The largest absolute Gasteiger partial charge is 0.418 e. The second-order valence-corrected chi connectivity index (χ2v) is 6.86. The number of anilines is 1. The standard InChI is InChI=1S/C11H8F3NO3S/c12-11(13,14)6-2-1-3-7-8(6)15-9(16)10(4-5-10)19(7,17)18/h1-3H,4-5H2,(H,15,16). The van der Waals surface area contributed by atoms with Crippen LogP contribution in [0.4, 0.5) is 18.9 Å². The average Bonchev–Trinajstić information content (AvgIpc) is 3.07. The number of carbonyl (C=O) groups excluding carboxylic acids is 1. The van der Waals surface area contributed by atoms with Crippen molar-refractivity contribution >= 4 is 21.4 Å². The summed E-state index contributed by atoms with van der Waals surface area (Å²) in [7, 11) is -4.05. The highest BCUT2D eigenvalue weighted by Gasteiger charge is 2.64. The van der Waals surface area contributed by atoms with E-state index in [0.29, 0.717) is 0 Å². The summed E-state index contributed by atoms with van der Waals surface area (Å²) in [4.78, 5) is 11.3. The second-order valence-electron chi connectivity index (χ2n) is 4.63. The van der Waals surface area contributed by atoms with Gasteiger partial charge in [-0.2, -0.15) is 13.2 Å². The fourth-order valence-electron chi connectivity index (χ4n) is 2.29. The maximum Gasteiger partial charge on any atom is 0.418 e. The molecule has 3 rings (SSSR count). The summed E-state index contributed by atoms with van der Waals surface area (Å²) >= 11 is 0. The van der Waals surface area contributed by atoms with Gasteiger partial charge in [0.25, 0.3) is 0 Å². The molecule has 1 heterocycles. The maximum absolute atomic E-state index is 12.8. The Kier molecular flexibility index (Phi) is 2.16. The first kappa shape index (κ1) is 12.5. The van der Waals surface area contributed by atoms with Gasteiger partial charge in [-0.05, 0) is 25.0 Å². The second kappa shape index (κ2) is 3.30. The summed E-state index contributed by atoms with van der Waals surface area (Å²) in [6.45, 7) is 0. The van der Waals surface area contributed by atoms with E-state index in [2.05, 4.69) is 5.32 Å². The van der Waals surface area contributed by atoms with Crippen LogP contribution >= 0.6 is 0 Å². The zero-order valence-electron chi connectivity index (χ0n) is 9.41. The van der Waals surface area contributed by atoms with E-state index in [0.717, 1.165) is 18.2 Å². The van der Waals surface area contributed by atoms with Gasteiger partial charge in [-0.15, -0.1) is 0 Å². The van der Waals surface area contributed by atoms with Crippen LogP contribution in [0.3, 0.4) is 0 Å². The first-order valence-corrected chi connectivity index (χ1v) is 6.95. The summed E-state index contributed by atoms with van der Waals surface area (Å²) < 4.78 is 61.4. The third kappa shape index (κ3) is 1.46. The molecule has 1 saturated carbocycles. The average molecular weight is 291 g/mol. The van der Waals surface area contributed by atoms with Gasteiger partial charge in [-0.3, -0.25) is 4.79 Å². The Morgan fingerprint density at radius 1 is 1.21 bits per heavy atom. The van der Waals surface area contributed by atoms with Gasteiger partial charge in [-0.25, -0.2) is 8.42 Å². The Bertz CT molecular complexity index is 690. The molecule has 0 atom stereocenters. The van der Waals surface area contributed by atoms with Crippen LogP contribution in [0.1, 0.15) is 18.4 Å². The minimum Gasteiger partial charge on any atom is -0.323 e. The molecule has 19 heavy (non-hydrogen) atoms. The van der Waals surface area contributed by atoms with Gasteiger partial charge in [0.15, 0.2) is 14.6 Å². The van der Waals surface area contributed by atoms with Crippen molar-refractivity contribution in [3.05, 3.63) is 23.8 Å². The number of halogens is 3. The van der Waals surface area contributed by atoms with E-state index < -0.39 is 42.8 Å². The van der Waals surface area contributed by atoms with Gasteiger partial charge < -0.3 is 5.32 Å². The van der Waals surface area contributed by atoms with Gasteiger partial charge in [0.1, 0.15) is 0 Å².